The zero-order valence-corrected chi connectivity index (χ0v) is 16.2. The molecule has 0 bridgehead atoms. The van der Waals surface area contributed by atoms with Gasteiger partial charge in [-0.25, -0.2) is 4.68 Å². The van der Waals surface area contributed by atoms with Gasteiger partial charge in [0.1, 0.15) is 5.69 Å². The summed E-state index contributed by atoms with van der Waals surface area (Å²) in [4.78, 5) is 0. The average molecular weight is 361 g/mol. The topological polar surface area (TPSA) is 49.2 Å². The summed E-state index contributed by atoms with van der Waals surface area (Å²) in [6, 6.07) is 18.4. The minimum atomic E-state index is -0.349. The van der Waals surface area contributed by atoms with Crippen LogP contribution in [0, 0.1) is 0 Å². The lowest BCUT2D eigenvalue weighted by molar-refractivity contribution is 0.00578. The van der Waals surface area contributed by atoms with Gasteiger partial charge in [-0.2, -0.15) is 0 Å². The fraction of sp³-hybridized carbons (Fsp3) is 0.333. The lowest BCUT2D eigenvalue weighted by atomic mass is 9.79. The van der Waals surface area contributed by atoms with Crippen LogP contribution in [-0.4, -0.2) is 33.3 Å². The lowest BCUT2D eigenvalue weighted by Gasteiger charge is -2.32. The molecule has 0 unspecified atom stereocenters. The molecule has 0 radical (unpaired) electrons. The minimum Gasteiger partial charge on any atom is -0.399 e. The van der Waals surface area contributed by atoms with Crippen molar-refractivity contribution in [2.45, 2.75) is 45.4 Å². The van der Waals surface area contributed by atoms with Gasteiger partial charge in [-0.3, -0.25) is 0 Å². The summed E-state index contributed by atoms with van der Waals surface area (Å²) in [5.74, 6) is 0. The summed E-state index contributed by atoms with van der Waals surface area (Å²) >= 11 is 0. The van der Waals surface area contributed by atoms with Crippen LogP contribution in [0.1, 0.15) is 33.3 Å². The second kappa shape index (κ2) is 6.62. The van der Waals surface area contributed by atoms with Crippen molar-refractivity contribution in [1.82, 2.24) is 15.0 Å². The molecule has 138 valence electrons. The Labute approximate surface area is 160 Å². The Morgan fingerprint density at radius 2 is 1.52 bits per heavy atom. The third-order valence-corrected chi connectivity index (χ3v) is 5.46. The quantitative estimate of drug-likeness (QED) is 0.669. The van der Waals surface area contributed by atoms with Gasteiger partial charge in [0.15, 0.2) is 0 Å². The highest BCUT2D eigenvalue weighted by Gasteiger charge is 2.51. The predicted molar refractivity (Wildman–Crippen MR) is 107 cm³/mol. The van der Waals surface area contributed by atoms with Gasteiger partial charge in [-0.15, -0.1) is 5.10 Å². The van der Waals surface area contributed by atoms with Crippen LogP contribution in [-0.2, 0) is 15.9 Å². The van der Waals surface area contributed by atoms with Crippen LogP contribution in [0.4, 0.5) is 0 Å². The molecule has 3 aromatic rings. The molecule has 4 rings (SSSR count). The van der Waals surface area contributed by atoms with Crippen LogP contribution in [0.15, 0.2) is 60.8 Å². The fourth-order valence-corrected chi connectivity index (χ4v) is 3.07. The van der Waals surface area contributed by atoms with E-state index in [0.717, 1.165) is 16.7 Å². The van der Waals surface area contributed by atoms with Gasteiger partial charge in [-0.05, 0) is 38.7 Å². The number of benzene rings is 2. The van der Waals surface area contributed by atoms with Crippen LogP contribution >= 0.6 is 0 Å². The number of hydrogen-bond acceptors (Lipinski definition) is 4. The van der Waals surface area contributed by atoms with E-state index < -0.39 is 0 Å². The molecule has 1 aliphatic heterocycles. The van der Waals surface area contributed by atoms with E-state index in [1.165, 1.54) is 5.56 Å². The fourth-order valence-electron chi connectivity index (χ4n) is 3.07. The largest absolute Gasteiger partial charge is 0.494 e. The van der Waals surface area contributed by atoms with Crippen LogP contribution in [0.2, 0.25) is 0 Å². The maximum Gasteiger partial charge on any atom is 0.494 e. The summed E-state index contributed by atoms with van der Waals surface area (Å²) in [7, 11) is -0.349. The molecule has 5 nitrogen and oxygen atoms in total. The van der Waals surface area contributed by atoms with Gasteiger partial charge >= 0.3 is 7.12 Å². The third-order valence-electron chi connectivity index (χ3n) is 5.46. The first-order valence-corrected chi connectivity index (χ1v) is 9.24. The molecule has 0 spiro atoms. The standard InChI is InChI=1S/C21H24BN3O2/c1-20(2)21(3,4)27-22(26-20)18-12-10-17(11-13-18)19-15-25(24-23-19)14-16-8-6-5-7-9-16/h5-13,15H,14H2,1-4H3. The molecule has 1 fully saturated rings. The van der Waals surface area contributed by atoms with E-state index in [-0.39, 0.29) is 18.3 Å². The lowest BCUT2D eigenvalue weighted by Crippen LogP contribution is -2.41. The van der Waals surface area contributed by atoms with Crippen molar-refractivity contribution in [1.29, 1.82) is 0 Å². The van der Waals surface area contributed by atoms with Crippen molar-refractivity contribution >= 4 is 12.6 Å². The molecular weight excluding hydrogens is 337 g/mol. The highest BCUT2D eigenvalue weighted by Crippen LogP contribution is 2.36. The summed E-state index contributed by atoms with van der Waals surface area (Å²) in [5, 5.41) is 8.55. The molecule has 6 heteroatoms. The zero-order chi connectivity index (χ0) is 19.1. The first-order chi connectivity index (χ1) is 12.8. The van der Waals surface area contributed by atoms with Crippen LogP contribution < -0.4 is 5.46 Å². The van der Waals surface area contributed by atoms with E-state index in [1.807, 2.05) is 53.3 Å². The van der Waals surface area contributed by atoms with Gasteiger partial charge in [0.25, 0.3) is 0 Å². The number of nitrogens with zero attached hydrogens (tertiary/aromatic N) is 3. The SMILES string of the molecule is CC1(C)OB(c2ccc(-c3cn(Cc4ccccc4)nn3)cc2)OC1(C)C. The highest BCUT2D eigenvalue weighted by molar-refractivity contribution is 6.62. The number of rotatable bonds is 4. The second-order valence-corrected chi connectivity index (χ2v) is 8.00. The van der Waals surface area contributed by atoms with E-state index in [9.17, 15) is 0 Å². The summed E-state index contributed by atoms with van der Waals surface area (Å²) in [5.41, 5.74) is 3.41. The maximum absolute atomic E-state index is 6.11. The average Bonchev–Trinajstić information content (AvgIpc) is 3.18. The van der Waals surface area contributed by atoms with E-state index in [4.69, 9.17) is 9.31 Å². The third kappa shape index (κ3) is 3.55. The van der Waals surface area contributed by atoms with Gasteiger partial charge < -0.3 is 9.31 Å². The molecule has 0 N–H and O–H groups in total. The Balaban J connectivity index is 1.49. The van der Waals surface area contributed by atoms with Crippen LogP contribution in [0.3, 0.4) is 0 Å². The van der Waals surface area contributed by atoms with Crippen molar-refractivity contribution in [3.8, 4) is 11.3 Å². The van der Waals surface area contributed by atoms with Crippen LogP contribution in [0.25, 0.3) is 11.3 Å². The molecule has 2 heterocycles. The molecule has 0 aliphatic carbocycles. The predicted octanol–water partition coefficient (Wildman–Crippen LogP) is 3.29. The van der Waals surface area contributed by atoms with Crippen molar-refractivity contribution in [2.24, 2.45) is 0 Å². The van der Waals surface area contributed by atoms with Gasteiger partial charge in [0.2, 0.25) is 0 Å². The number of aromatic nitrogens is 3. The Kier molecular flexibility index (Phi) is 4.40. The number of hydrogen-bond donors (Lipinski definition) is 0. The molecule has 0 amide bonds. The normalized spacial score (nSPS) is 18.0. The molecule has 27 heavy (non-hydrogen) atoms. The highest BCUT2D eigenvalue weighted by atomic mass is 16.7. The van der Waals surface area contributed by atoms with Gasteiger partial charge in [0.05, 0.1) is 23.9 Å². The molecule has 1 aliphatic rings. The van der Waals surface area contributed by atoms with Crippen molar-refractivity contribution in [3.05, 3.63) is 66.4 Å². The summed E-state index contributed by atoms with van der Waals surface area (Å²) < 4.78 is 14.1. The van der Waals surface area contributed by atoms with Crippen LogP contribution in [0.5, 0.6) is 0 Å². The first-order valence-electron chi connectivity index (χ1n) is 9.24. The second-order valence-electron chi connectivity index (χ2n) is 8.00. The zero-order valence-electron chi connectivity index (χ0n) is 16.2. The maximum atomic E-state index is 6.11. The van der Waals surface area contributed by atoms with Crippen molar-refractivity contribution in [3.63, 3.8) is 0 Å². The van der Waals surface area contributed by atoms with Gasteiger partial charge in [0, 0.05) is 5.56 Å². The van der Waals surface area contributed by atoms with E-state index >= 15 is 0 Å². The van der Waals surface area contributed by atoms with Crippen molar-refractivity contribution in [2.75, 3.05) is 0 Å². The Morgan fingerprint density at radius 1 is 0.889 bits per heavy atom. The molecule has 2 aromatic carbocycles. The van der Waals surface area contributed by atoms with Gasteiger partial charge in [-0.1, -0.05) is 59.8 Å². The smallest absolute Gasteiger partial charge is 0.399 e. The molecule has 0 atom stereocenters. The monoisotopic (exact) mass is 361 g/mol. The molecule has 0 saturated carbocycles. The van der Waals surface area contributed by atoms with Crippen molar-refractivity contribution < 1.29 is 9.31 Å². The van der Waals surface area contributed by atoms with E-state index in [2.05, 4.69) is 50.1 Å². The first kappa shape index (κ1) is 18.0. The molecular formula is C21H24BN3O2. The Bertz CT molecular complexity index is 904. The van der Waals surface area contributed by atoms with E-state index in [0.29, 0.717) is 6.54 Å². The Morgan fingerprint density at radius 3 is 2.15 bits per heavy atom. The molecule has 1 aromatic heterocycles. The van der Waals surface area contributed by atoms with E-state index in [1.54, 1.807) is 0 Å². The molecule has 1 saturated heterocycles. The Hall–Kier alpha value is -2.44. The summed E-state index contributed by atoms with van der Waals surface area (Å²) in [6.45, 7) is 8.96. The minimum absolute atomic E-state index is 0.337. The summed E-state index contributed by atoms with van der Waals surface area (Å²) in [6.07, 6.45) is 1.97.